The first-order chi connectivity index (χ1) is 17.5. The van der Waals surface area contributed by atoms with Crippen LogP contribution in [0.4, 0.5) is 10.1 Å². The van der Waals surface area contributed by atoms with Crippen LogP contribution in [0.3, 0.4) is 0 Å². The zero-order valence-electron chi connectivity index (χ0n) is 19.6. The molecule has 0 saturated carbocycles. The van der Waals surface area contributed by atoms with Crippen LogP contribution in [-0.4, -0.2) is 41.7 Å². The molecule has 0 bridgehead atoms. The Hall–Kier alpha value is -2.74. The number of amides is 1. The molecule has 1 amide bonds. The van der Waals surface area contributed by atoms with Crippen molar-refractivity contribution >= 4 is 68.4 Å². The fourth-order valence-electron chi connectivity index (χ4n) is 4.53. The lowest BCUT2D eigenvalue weighted by molar-refractivity contribution is -0.132. The highest BCUT2D eigenvalue weighted by atomic mass is 35.5. The molecule has 1 aromatic heterocycles. The molecule has 1 N–H and O–H groups in total. The zero-order valence-corrected chi connectivity index (χ0v) is 21.9. The third-order valence-electron chi connectivity index (χ3n) is 6.26. The van der Waals surface area contributed by atoms with Crippen LogP contribution in [0.5, 0.6) is 5.75 Å². The van der Waals surface area contributed by atoms with E-state index in [4.69, 9.17) is 32.9 Å². The van der Waals surface area contributed by atoms with E-state index in [9.17, 15) is 9.18 Å². The highest BCUT2D eigenvalue weighted by molar-refractivity contribution is 7.99. The van der Waals surface area contributed by atoms with Gasteiger partial charge in [-0.2, -0.15) is 0 Å². The van der Waals surface area contributed by atoms with Gasteiger partial charge in [0.15, 0.2) is 0 Å². The molecule has 1 aliphatic heterocycles. The van der Waals surface area contributed by atoms with E-state index in [1.807, 2.05) is 36.4 Å². The third-order valence-corrected chi connectivity index (χ3v) is 8.07. The maximum atomic E-state index is 14.7. The van der Waals surface area contributed by atoms with E-state index < -0.39 is 5.37 Å². The normalized spacial score (nSPS) is 16.1. The molecule has 5 nitrogen and oxygen atoms in total. The summed E-state index contributed by atoms with van der Waals surface area (Å²) in [6.45, 7) is 1.07. The highest BCUT2D eigenvalue weighted by Crippen LogP contribution is 2.41. The van der Waals surface area contributed by atoms with E-state index in [1.54, 1.807) is 35.9 Å². The molecule has 0 radical (unpaired) electrons. The molecule has 1 atom stereocenters. The molecule has 2 heterocycles. The average Bonchev–Trinajstić information content (AvgIpc) is 2.86. The lowest BCUT2D eigenvalue weighted by Crippen LogP contribution is -2.39. The number of nitrogens with one attached hydrogen (secondary N) is 1. The molecular formula is C27H24Cl2FN3O2S. The average molecular weight is 544 g/mol. The van der Waals surface area contributed by atoms with Gasteiger partial charge in [-0.1, -0.05) is 29.3 Å². The lowest BCUT2D eigenvalue weighted by Gasteiger charge is -2.36. The minimum atomic E-state index is -0.436. The first-order valence-electron chi connectivity index (χ1n) is 11.6. The maximum absolute atomic E-state index is 14.7. The van der Waals surface area contributed by atoms with E-state index in [-0.39, 0.29) is 11.7 Å². The van der Waals surface area contributed by atoms with E-state index in [1.165, 1.54) is 6.07 Å². The van der Waals surface area contributed by atoms with Crippen LogP contribution < -0.4 is 10.1 Å². The lowest BCUT2D eigenvalue weighted by atomic mass is 10.1. The van der Waals surface area contributed by atoms with E-state index in [0.717, 1.165) is 33.2 Å². The predicted octanol–water partition coefficient (Wildman–Crippen LogP) is 7.31. The molecule has 0 aliphatic carbocycles. The number of hydrogen-bond acceptors (Lipinski definition) is 5. The van der Waals surface area contributed by atoms with Crippen molar-refractivity contribution < 1.29 is 13.9 Å². The van der Waals surface area contributed by atoms with Crippen LogP contribution in [0.15, 0.2) is 54.6 Å². The Labute approximate surface area is 222 Å². The van der Waals surface area contributed by atoms with Gasteiger partial charge in [-0.3, -0.25) is 4.79 Å². The summed E-state index contributed by atoms with van der Waals surface area (Å²) in [6.07, 6.45) is 1.10. The standard InChI is InChI=1S/C27H24Cl2FN3O2S/c1-35-17-7-9-22-19(15-17)26(18-8-6-16(28)14-23(18)32-22)31-11-3-12-33-24(34)10-13-36-27(33)25-20(29)4-2-5-21(25)30/h2,4-9,14-15,27H,3,10-13H2,1H3,(H,31,32). The summed E-state index contributed by atoms with van der Waals surface area (Å²) in [6, 6.07) is 16.0. The minimum absolute atomic E-state index is 0.0114. The van der Waals surface area contributed by atoms with Crippen LogP contribution >= 0.6 is 35.0 Å². The number of nitrogens with zero attached hydrogens (tertiary/aromatic N) is 2. The first kappa shape index (κ1) is 24.9. The van der Waals surface area contributed by atoms with E-state index in [0.29, 0.717) is 47.3 Å². The Kier molecular flexibility index (Phi) is 7.42. The van der Waals surface area contributed by atoms with Crippen LogP contribution in [0.1, 0.15) is 23.8 Å². The molecule has 36 heavy (non-hydrogen) atoms. The van der Waals surface area contributed by atoms with Crippen molar-refractivity contribution in [3.63, 3.8) is 0 Å². The third kappa shape index (κ3) is 4.92. The molecule has 1 aliphatic rings. The van der Waals surface area contributed by atoms with Crippen molar-refractivity contribution in [3.8, 4) is 5.75 Å². The Bertz CT molecular complexity index is 1430. The van der Waals surface area contributed by atoms with Gasteiger partial charge in [0.25, 0.3) is 0 Å². The molecule has 186 valence electrons. The number of aromatic nitrogens is 1. The molecule has 4 aromatic rings. The van der Waals surface area contributed by atoms with Crippen LogP contribution in [0.25, 0.3) is 21.8 Å². The molecule has 9 heteroatoms. The SMILES string of the molecule is COc1ccc2nc3cc(Cl)ccc3c(NCCCN3C(=O)CCSC3c3c(F)cccc3Cl)c2c1. The summed E-state index contributed by atoms with van der Waals surface area (Å²) in [5.41, 5.74) is 2.92. The number of carbonyl (C=O) groups excluding carboxylic acids is 1. The molecule has 5 rings (SSSR count). The molecule has 3 aromatic carbocycles. The van der Waals surface area contributed by atoms with Gasteiger partial charge < -0.3 is 15.0 Å². The summed E-state index contributed by atoms with van der Waals surface area (Å²) in [7, 11) is 1.63. The Morgan fingerprint density at radius 2 is 2.00 bits per heavy atom. The van der Waals surface area contributed by atoms with Gasteiger partial charge in [-0.25, -0.2) is 9.37 Å². The summed E-state index contributed by atoms with van der Waals surface area (Å²) in [4.78, 5) is 19.3. The Balaban J connectivity index is 1.39. The second-order valence-electron chi connectivity index (χ2n) is 8.51. The number of rotatable bonds is 7. The minimum Gasteiger partial charge on any atom is -0.497 e. The second kappa shape index (κ2) is 10.7. The van der Waals surface area contributed by atoms with E-state index in [2.05, 4.69) is 5.32 Å². The number of methoxy groups -OCH3 is 1. The molecule has 0 spiro atoms. The van der Waals surface area contributed by atoms with Crippen LogP contribution in [0.2, 0.25) is 10.0 Å². The van der Waals surface area contributed by atoms with Gasteiger partial charge in [-0.05, 0) is 55.0 Å². The van der Waals surface area contributed by atoms with Crippen LogP contribution in [-0.2, 0) is 4.79 Å². The first-order valence-corrected chi connectivity index (χ1v) is 13.4. The van der Waals surface area contributed by atoms with Gasteiger partial charge in [0.05, 0.1) is 23.8 Å². The maximum Gasteiger partial charge on any atom is 0.224 e. The quantitative estimate of drug-likeness (QED) is 0.195. The zero-order chi connectivity index (χ0) is 25.2. The number of anilines is 1. The number of ether oxygens (including phenoxy) is 1. The van der Waals surface area contributed by atoms with Crippen molar-refractivity contribution in [2.45, 2.75) is 18.2 Å². The summed E-state index contributed by atoms with van der Waals surface area (Å²) >= 11 is 14.1. The summed E-state index contributed by atoms with van der Waals surface area (Å²) in [5.74, 6) is 1.00. The number of halogens is 3. The predicted molar refractivity (Wildman–Crippen MR) is 147 cm³/mol. The van der Waals surface area contributed by atoms with Gasteiger partial charge in [-0.15, -0.1) is 11.8 Å². The summed E-state index contributed by atoms with van der Waals surface area (Å²) < 4.78 is 20.1. The van der Waals surface area contributed by atoms with Crippen molar-refractivity contribution in [1.82, 2.24) is 9.88 Å². The number of benzene rings is 3. The smallest absolute Gasteiger partial charge is 0.224 e. The number of fused-ring (bicyclic) bond motifs is 2. The van der Waals surface area contributed by atoms with Crippen molar-refractivity contribution in [2.75, 3.05) is 31.3 Å². The molecule has 1 fully saturated rings. The van der Waals surface area contributed by atoms with Crippen molar-refractivity contribution in [1.29, 1.82) is 0 Å². The highest BCUT2D eigenvalue weighted by Gasteiger charge is 2.32. The molecular weight excluding hydrogens is 520 g/mol. The van der Waals surface area contributed by atoms with Gasteiger partial charge in [0, 0.05) is 51.6 Å². The second-order valence-corrected chi connectivity index (χ2v) is 10.5. The monoisotopic (exact) mass is 543 g/mol. The van der Waals surface area contributed by atoms with Gasteiger partial charge in [0.2, 0.25) is 5.91 Å². The number of thioether (sulfide) groups is 1. The fraction of sp³-hybridized carbons (Fsp3) is 0.259. The number of pyridine rings is 1. The Morgan fingerprint density at radius 3 is 2.81 bits per heavy atom. The van der Waals surface area contributed by atoms with Gasteiger partial charge in [0.1, 0.15) is 16.9 Å². The summed E-state index contributed by atoms with van der Waals surface area (Å²) in [5, 5.41) is 5.95. The van der Waals surface area contributed by atoms with Gasteiger partial charge >= 0.3 is 0 Å². The van der Waals surface area contributed by atoms with E-state index >= 15 is 0 Å². The molecule has 1 unspecified atom stereocenters. The van der Waals surface area contributed by atoms with Crippen molar-refractivity contribution in [3.05, 3.63) is 76.0 Å². The molecule has 1 saturated heterocycles. The topological polar surface area (TPSA) is 54.5 Å². The van der Waals surface area contributed by atoms with Crippen LogP contribution in [0, 0.1) is 5.82 Å². The number of carbonyl (C=O) groups is 1. The Morgan fingerprint density at radius 1 is 1.14 bits per heavy atom. The fourth-order valence-corrected chi connectivity index (χ4v) is 6.35. The largest absolute Gasteiger partial charge is 0.497 e. The number of hydrogen-bond donors (Lipinski definition) is 1. The van der Waals surface area contributed by atoms with Crippen molar-refractivity contribution in [2.24, 2.45) is 0 Å².